The van der Waals surface area contributed by atoms with Crippen LogP contribution in [0.1, 0.15) is 35.2 Å². The molecule has 1 aliphatic carbocycles. The molecule has 0 radical (unpaired) electrons. The van der Waals surface area contributed by atoms with Crippen LogP contribution in [-0.4, -0.2) is 27.6 Å². The Morgan fingerprint density at radius 2 is 1.94 bits per heavy atom. The van der Waals surface area contributed by atoms with Crippen molar-refractivity contribution in [3.8, 4) is 0 Å². The number of hydrogen-bond donors (Lipinski definition) is 2. The summed E-state index contributed by atoms with van der Waals surface area (Å²) >= 11 is 0. The van der Waals surface area contributed by atoms with E-state index in [2.05, 4.69) is 0 Å². The highest BCUT2D eigenvalue weighted by Gasteiger charge is 2.57. The Bertz CT molecular complexity index is 555. The summed E-state index contributed by atoms with van der Waals surface area (Å²) in [4.78, 5) is 23.0. The molecule has 2 atom stereocenters. The van der Waals surface area contributed by atoms with Gasteiger partial charge in [-0.1, -0.05) is 6.92 Å². The lowest BCUT2D eigenvalue weighted by Gasteiger charge is -2.23. The smallest absolute Gasteiger partial charge is 0.344 e. The van der Waals surface area contributed by atoms with Gasteiger partial charge in [-0.15, -0.1) is 0 Å². The molecule has 0 heterocycles. The summed E-state index contributed by atoms with van der Waals surface area (Å²) in [6.07, 6.45) is 0.118. The zero-order valence-electron chi connectivity index (χ0n) is 9.41. The number of carbonyl (C=O) groups is 2. The summed E-state index contributed by atoms with van der Waals surface area (Å²) in [7, 11) is 0. The first-order valence-corrected chi connectivity index (χ1v) is 5.33. The van der Waals surface area contributed by atoms with Crippen LogP contribution < -0.4 is 0 Å². The van der Waals surface area contributed by atoms with Gasteiger partial charge in [0.2, 0.25) is 11.4 Å². The molecule has 0 amide bonds. The number of carboxylic acid groups (broad SMARTS) is 1. The summed E-state index contributed by atoms with van der Waals surface area (Å²) in [5, 5.41) is 19.0. The van der Waals surface area contributed by atoms with E-state index < -0.39 is 34.9 Å². The Labute approximate surface area is 101 Å². The van der Waals surface area contributed by atoms with Crippen LogP contribution in [-0.2, 0) is 4.79 Å². The van der Waals surface area contributed by atoms with E-state index in [4.69, 9.17) is 5.11 Å². The highest BCUT2D eigenvalue weighted by Crippen LogP contribution is 2.43. The van der Waals surface area contributed by atoms with Crippen LogP contribution in [0.3, 0.4) is 0 Å². The third-order valence-corrected chi connectivity index (χ3v) is 3.30. The molecule has 2 rings (SSSR count). The lowest BCUT2D eigenvalue weighted by molar-refractivity contribution is -0.154. The van der Waals surface area contributed by atoms with Crippen molar-refractivity contribution in [1.29, 1.82) is 0 Å². The number of halogens is 2. The van der Waals surface area contributed by atoms with Crippen molar-refractivity contribution in [2.45, 2.75) is 24.9 Å². The molecule has 96 valence electrons. The molecule has 0 aliphatic heterocycles. The van der Waals surface area contributed by atoms with Gasteiger partial charge in [0.25, 0.3) is 0 Å². The number of rotatable bonds is 2. The molecule has 0 aromatic heterocycles. The molecule has 1 aromatic rings. The lowest BCUT2D eigenvalue weighted by Crippen LogP contribution is -2.47. The van der Waals surface area contributed by atoms with Gasteiger partial charge in [-0.05, 0) is 24.1 Å². The maximum Gasteiger partial charge on any atom is 0.344 e. The van der Waals surface area contributed by atoms with Gasteiger partial charge in [0.05, 0.1) is 0 Å². The van der Waals surface area contributed by atoms with Crippen LogP contribution in [0, 0.1) is 11.6 Å². The minimum Gasteiger partial charge on any atom is -0.479 e. The van der Waals surface area contributed by atoms with Gasteiger partial charge < -0.3 is 10.2 Å². The first-order chi connectivity index (χ1) is 8.33. The van der Waals surface area contributed by atoms with Crippen molar-refractivity contribution in [1.82, 2.24) is 0 Å². The maximum atomic E-state index is 13.1. The van der Waals surface area contributed by atoms with Crippen LogP contribution in [0.25, 0.3) is 0 Å². The molecular formula is C12H10F2O4. The topological polar surface area (TPSA) is 74.6 Å². The summed E-state index contributed by atoms with van der Waals surface area (Å²) in [5.74, 6) is -6.30. The molecule has 0 saturated carbocycles. The van der Waals surface area contributed by atoms with Crippen LogP contribution in [0.4, 0.5) is 8.78 Å². The predicted octanol–water partition coefficient (Wildman–Crippen LogP) is 1.47. The van der Waals surface area contributed by atoms with E-state index in [0.717, 1.165) is 6.07 Å². The van der Waals surface area contributed by atoms with Gasteiger partial charge in [0.1, 0.15) is 0 Å². The molecule has 18 heavy (non-hydrogen) atoms. The van der Waals surface area contributed by atoms with Gasteiger partial charge in [-0.2, -0.15) is 0 Å². The second-order valence-corrected chi connectivity index (χ2v) is 4.22. The summed E-state index contributed by atoms with van der Waals surface area (Å²) in [6, 6.07) is 1.41. The van der Waals surface area contributed by atoms with Gasteiger partial charge in [0.15, 0.2) is 11.6 Å². The number of Topliss-reactive ketones (excluding diaryl/α,β-unsaturated/α-hetero) is 1. The van der Waals surface area contributed by atoms with Crippen molar-refractivity contribution >= 4 is 11.8 Å². The molecule has 0 saturated heterocycles. The van der Waals surface area contributed by atoms with E-state index in [0.29, 0.717) is 6.07 Å². The zero-order valence-corrected chi connectivity index (χ0v) is 9.41. The van der Waals surface area contributed by atoms with Crippen LogP contribution in [0.15, 0.2) is 12.1 Å². The van der Waals surface area contributed by atoms with Crippen LogP contribution in [0.5, 0.6) is 0 Å². The molecule has 0 fully saturated rings. The van der Waals surface area contributed by atoms with E-state index in [1.807, 2.05) is 0 Å². The van der Waals surface area contributed by atoms with Crippen molar-refractivity contribution in [2.24, 2.45) is 0 Å². The number of fused-ring (bicyclic) bond motifs is 1. The average Bonchev–Trinajstić information content (AvgIpc) is 2.51. The number of benzene rings is 1. The molecule has 0 spiro atoms. The van der Waals surface area contributed by atoms with Crippen molar-refractivity contribution in [2.75, 3.05) is 0 Å². The molecule has 1 aromatic carbocycles. The minimum atomic E-state index is -2.64. The SMILES string of the molecule is CCC1c2cc(F)c(F)cc2C(=O)C1(O)C(=O)O. The second-order valence-electron chi connectivity index (χ2n) is 4.22. The van der Waals surface area contributed by atoms with E-state index in [1.165, 1.54) is 0 Å². The Morgan fingerprint density at radius 1 is 1.39 bits per heavy atom. The molecule has 2 N–H and O–H groups in total. The van der Waals surface area contributed by atoms with Crippen molar-refractivity contribution < 1.29 is 28.6 Å². The number of aliphatic carboxylic acids is 1. The predicted molar refractivity (Wildman–Crippen MR) is 56.3 cm³/mol. The fraction of sp³-hybridized carbons (Fsp3) is 0.333. The van der Waals surface area contributed by atoms with Gasteiger partial charge in [-0.25, -0.2) is 13.6 Å². The highest BCUT2D eigenvalue weighted by molar-refractivity contribution is 6.19. The van der Waals surface area contributed by atoms with Gasteiger partial charge >= 0.3 is 5.97 Å². The molecular weight excluding hydrogens is 246 g/mol. The molecule has 2 unspecified atom stereocenters. The largest absolute Gasteiger partial charge is 0.479 e. The van der Waals surface area contributed by atoms with Crippen molar-refractivity contribution in [3.63, 3.8) is 0 Å². The zero-order chi connectivity index (χ0) is 13.7. The second kappa shape index (κ2) is 3.84. The first-order valence-electron chi connectivity index (χ1n) is 5.33. The quantitative estimate of drug-likeness (QED) is 0.786. The van der Waals surface area contributed by atoms with E-state index in [9.17, 15) is 23.5 Å². The fourth-order valence-corrected chi connectivity index (χ4v) is 2.40. The number of carbonyl (C=O) groups excluding carboxylic acids is 1. The Morgan fingerprint density at radius 3 is 2.44 bits per heavy atom. The summed E-state index contributed by atoms with van der Waals surface area (Å²) in [6.45, 7) is 1.56. The first kappa shape index (κ1) is 12.6. The summed E-state index contributed by atoms with van der Waals surface area (Å²) in [5.41, 5.74) is -2.88. The van der Waals surface area contributed by atoms with Crippen LogP contribution in [0.2, 0.25) is 0 Å². The Balaban J connectivity index is 2.71. The van der Waals surface area contributed by atoms with E-state index in [-0.39, 0.29) is 17.5 Å². The number of hydrogen-bond acceptors (Lipinski definition) is 3. The number of carboxylic acids is 1. The molecule has 4 nitrogen and oxygen atoms in total. The monoisotopic (exact) mass is 256 g/mol. The molecule has 6 heteroatoms. The standard InChI is InChI=1S/C12H10F2O4/c1-2-7-5-3-8(13)9(14)4-6(5)10(15)12(7,18)11(16)17/h3-4,7,18H,2H2,1H3,(H,16,17). The minimum absolute atomic E-state index is 0.0336. The van der Waals surface area contributed by atoms with Crippen molar-refractivity contribution in [3.05, 3.63) is 34.9 Å². The van der Waals surface area contributed by atoms with Gasteiger partial charge in [-0.3, -0.25) is 4.79 Å². The average molecular weight is 256 g/mol. The van der Waals surface area contributed by atoms with Gasteiger partial charge in [0, 0.05) is 11.5 Å². The molecule has 0 bridgehead atoms. The third kappa shape index (κ3) is 1.38. The Hall–Kier alpha value is -1.82. The van der Waals surface area contributed by atoms with Crippen LogP contribution >= 0.6 is 0 Å². The summed E-state index contributed by atoms with van der Waals surface area (Å²) < 4.78 is 26.2. The number of ketones is 1. The van der Waals surface area contributed by atoms with E-state index in [1.54, 1.807) is 6.92 Å². The normalized spacial score (nSPS) is 26.2. The lowest BCUT2D eigenvalue weighted by atomic mass is 9.85. The maximum absolute atomic E-state index is 13.1. The number of aliphatic hydroxyl groups is 1. The van der Waals surface area contributed by atoms with E-state index >= 15 is 0 Å². The molecule has 1 aliphatic rings. The fourth-order valence-electron chi connectivity index (χ4n) is 2.40. The highest BCUT2D eigenvalue weighted by atomic mass is 19.2. The Kier molecular flexibility index (Phi) is 2.70. The third-order valence-electron chi connectivity index (χ3n) is 3.30.